The topological polar surface area (TPSA) is 67.4 Å². The quantitative estimate of drug-likeness (QED) is 0.905. The maximum Gasteiger partial charge on any atom is 0.317 e. The number of nitrogens with one attached hydrogen (secondary N) is 1. The lowest BCUT2D eigenvalue weighted by Crippen LogP contribution is -2.36. The molecule has 0 bridgehead atoms. The number of hydrogen-bond donors (Lipinski definition) is 1. The predicted octanol–water partition coefficient (Wildman–Crippen LogP) is 3.30. The Morgan fingerprint density at radius 2 is 2.04 bits per heavy atom. The highest BCUT2D eigenvalue weighted by atomic mass is 16.5. The Hall–Kier alpha value is -2.63. The van der Waals surface area contributed by atoms with E-state index in [4.69, 9.17) is 4.74 Å². The van der Waals surface area contributed by atoms with Gasteiger partial charge in [0.25, 0.3) is 0 Å². The first-order valence-electron chi connectivity index (χ1n) is 8.27. The normalized spacial score (nSPS) is 11.1. The number of urea groups is 1. The fraction of sp³-hybridized carbons (Fsp3) is 0.421. The number of ether oxygens (including phenoxy) is 1. The van der Waals surface area contributed by atoms with Crippen LogP contribution in [0.3, 0.4) is 0 Å². The molecule has 0 saturated heterocycles. The van der Waals surface area contributed by atoms with E-state index in [2.05, 4.69) is 15.3 Å². The van der Waals surface area contributed by atoms with E-state index < -0.39 is 0 Å². The maximum atomic E-state index is 12.3. The van der Waals surface area contributed by atoms with Crippen molar-refractivity contribution in [2.75, 3.05) is 7.05 Å². The summed E-state index contributed by atoms with van der Waals surface area (Å²) in [5.41, 5.74) is 2.51. The molecule has 134 valence electrons. The van der Waals surface area contributed by atoms with E-state index in [1.165, 1.54) is 0 Å². The Morgan fingerprint density at radius 1 is 1.28 bits per heavy atom. The number of amides is 2. The SMILES string of the molecule is Cc1ccc(CNC(=O)N(C)Cc2cnccn2)c(OC(C)(C)C)c1. The van der Waals surface area contributed by atoms with Gasteiger partial charge in [0.05, 0.1) is 18.4 Å². The molecule has 2 amide bonds. The summed E-state index contributed by atoms with van der Waals surface area (Å²) in [6.07, 6.45) is 4.88. The molecule has 0 fully saturated rings. The molecule has 1 heterocycles. The molecule has 0 aliphatic heterocycles. The van der Waals surface area contributed by atoms with Gasteiger partial charge in [0, 0.05) is 31.5 Å². The van der Waals surface area contributed by atoms with Crippen LogP contribution in [0.4, 0.5) is 4.79 Å². The number of rotatable bonds is 5. The minimum atomic E-state index is -0.296. The van der Waals surface area contributed by atoms with Crippen molar-refractivity contribution in [3.63, 3.8) is 0 Å². The van der Waals surface area contributed by atoms with Crippen LogP contribution in [0.5, 0.6) is 5.75 Å². The highest BCUT2D eigenvalue weighted by Crippen LogP contribution is 2.24. The number of nitrogens with zero attached hydrogens (tertiary/aromatic N) is 3. The standard InChI is InChI=1S/C19H26N4O2/c1-14-6-7-15(17(10-14)25-19(2,3)4)11-22-18(24)23(5)13-16-12-20-8-9-21-16/h6-10,12H,11,13H2,1-5H3,(H,22,24). The summed E-state index contributed by atoms with van der Waals surface area (Å²) in [5, 5.41) is 2.92. The molecule has 0 radical (unpaired) electrons. The van der Waals surface area contributed by atoms with Crippen molar-refractivity contribution in [1.82, 2.24) is 20.2 Å². The monoisotopic (exact) mass is 342 g/mol. The molecular formula is C19H26N4O2. The van der Waals surface area contributed by atoms with Crippen molar-refractivity contribution in [1.29, 1.82) is 0 Å². The van der Waals surface area contributed by atoms with Gasteiger partial charge in [-0.05, 0) is 39.3 Å². The van der Waals surface area contributed by atoms with Gasteiger partial charge < -0.3 is 15.0 Å². The highest BCUT2D eigenvalue weighted by molar-refractivity contribution is 5.73. The molecule has 0 aliphatic rings. The fourth-order valence-corrected chi connectivity index (χ4v) is 2.26. The van der Waals surface area contributed by atoms with Crippen molar-refractivity contribution in [3.8, 4) is 5.75 Å². The number of hydrogen-bond acceptors (Lipinski definition) is 4. The summed E-state index contributed by atoms with van der Waals surface area (Å²) in [6, 6.07) is 5.82. The molecule has 0 atom stereocenters. The molecular weight excluding hydrogens is 316 g/mol. The van der Waals surface area contributed by atoms with E-state index in [-0.39, 0.29) is 11.6 Å². The fourth-order valence-electron chi connectivity index (χ4n) is 2.26. The highest BCUT2D eigenvalue weighted by Gasteiger charge is 2.16. The zero-order valence-corrected chi connectivity index (χ0v) is 15.5. The van der Waals surface area contributed by atoms with Gasteiger partial charge in [0.2, 0.25) is 0 Å². The third-order valence-corrected chi connectivity index (χ3v) is 3.43. The molecule has 25 heavy (non-hydrogen) atoms. The summed E-state index contributed by atoms with van der Waals surface area (Å²) in [4.78, 5) is 22.1. The summed E-state index contributed by atoms with van der Waals surface area (Å²) in [5.74, 6) is 0.796. The Balaban J connectivity index is 1.99. The van der Waals surface area contributed by atoms with Gasteiger partial charge >= 0.3 is 6.03 Å². The average molecular weight is 342 g/mol. The molecule has 0 aliphatic carbocycles. The number of carbonyl (C=O) groups excluding carboxylic acids is 1. The largest absolute Gasteiger partial charge is 0.488 e. The van der Waals surface area contributed by atoms with Crippen LogP contribution in [0, 0.1) is 6.92 Å². The smallest absolute Gasteiger partial charge is 0.317 e. The lowest BCUT2D eigenvalue weighted by Gasteiger charge is -2.24. The molecule has 2 rings (SSSR count). The van der Waals surface area contributed by atoms with Crippen molar-refractivity contribution < 1.29 is 9.53 Å². The maximum absolute atomic E-state index is 12.3. The van der Waals surface area contributed by atoms with Crippen LogP contribution in [-0.2, 0) is 13.1 Å². The molecule has 1 aromatic carbocycles. The third kappa shape index (κ3) is 6.06. The first-order chi connectivity index (χ1) is 11.7. The van der Waals surface area contributed by atoms with Crippen LogP contribution in [0.2, 0.25) is 0 Å². The second-order valence-corrected chi connectivity index (χ2v) is 7.04. The van der Waals surface area contributed by atoms with Crippen LogP contribution in [0.1, 0.15) is 37.6 Å². The lowest BCUT2D eigenvalue weighted by atomic mass is 10.1. The third-order valence-electron chi connectivity index (χ3n) is 3.43. The van der Waals surface area contributed by atoms with Gasteiger partial charge in [-0.1, -0.05) is 12.1 Å². The Bertz CT molecular complexity index is 711. The zero-order valence-electron chi connectivity index (χ0n) is 15.5. The summed E-state index contributed by atoms with van der Waals surface area (Å²) in [6.45, 7) is 8.84. The number of aromatic nitrogens is 2. The van der Waals surface area contributed by atoms with Crippen LogP contribution in [0.25, 0.3) is 0 Å². The van der Waals surface area contributed by atoms with Crippen LogP contribution in [-0.4, -0.2) is 33.5 Å². The van der Waals surface area contributed by atoms with Crippen LogP contribution < -0.4 is 10.1 Å². The minimum Gasteiger partial charge on any atom is -0.488 e. The zero-order chi connectivity index (χ0) is 18.4. The van der Waals surface area contributed by atoms with E-state index in [1.54, 1.807) is 30.5 Å². The predicted molar refractivity (Wildman–Crippen MR) is 97.3 cm³/mol. The number of benzene rings is 1. The van der Waals surface area contributed by atoms with Crippen molar-refractivity contribution in [3.05, 3.63) is 53.6 Å². The molecule has 0 spiro atoms. The molecule has 1 aromatic heterocycles. The molecule has 2 aromatic rings. The Morgan fingerprint density at radius 3 is 2.68 bits per heavy atom. The second-order valence-electron chi connectivity index (χ2n) is 7.04. The lowest BCUT2D eigenvalue weighted by molar-refractivity contribution is 0.129. The first kappa shape index (κ1) is 18.7. The summed E-state index contributed by atoms with van der Waals surface area (Å²) in [7, 11) is 1.73. The molecule has 1 N–H and O–H groups in total. The Labute approximate surface area is 149 Å². The number of aryl methyl sites for hydroxylation is 1. The van der Waals surface area contributed by atoms with Gasteiger partial charge in [-0.15, -0.1) is 0 Å². The molecule has 0 unspecified atom stereocenters. The molecule has 6 nitrogen and oxygen atoms in total. The van der Waals surface area contributed by atoms with Gasteiger partial charge in [-0.2, -0.15) is 0 Å². The van der Waals surface area contributed by atoms with Crippen molar-refractivity contribution in [2.45, 2.75) is 46.4 Å². The van der Waals surface area contributed by atoms with Gasteiger partial charge in [-0.25, -0.2) is 4.79 Å². The van der Waals surface area contributed by atoms with Gasteiger partial charge in [-0.3, -0.25) is 9.97 Å². The van der Waals surface area contributed by atoms with E-state index in [0.29, 0.717) is 13.1 Å². The van der Waals surface area contributed by atoms with Crippen molar-refractivity contribution in [2.24, 2.45) is 0 Å². The van der Waals surface area contributed by atoms with Crippen LogP contribution >= 0.6 is 0 Å². The summed E-state index contributed by atoms with van der Waals surface area (Å²) >= 11 is 0. The Kier molecular flexibility index (Phi) is 5.96. The van der Waals surface area contributed by atoms with Crippen molar-refractivity contribution >= 4 is 6.03 Å². The van der Waals surface area contributed by atoms with Crippen LogP contribution in [0.15, 0.2) is 36.8 Å². The van der Waals surface area contributed by atoms with Gasteiger partial charge in [0.15, 0.2) is 0 Å². The molecule has 6 heteroatoms. The second kappa shape index (κ2) is 7.96. The number of carbonyl (C=O) groups is 1. The van der Waals surface area contributed by atoms with E-state index in [0.717, 1.165) is 22.6 Å². The van der Waals surface area contributed by atoms with E-state index in [1.807, 2.05) is 45.9 Å². The minimum absolute atomic E-state index is 0.173. The van der Waals surface area contributed by atoms with Gasteiger partial charge in [0.1, 0.15) is 11.4 Å². The molecule has 0 saturated carbocycles. The first-order valence-corrected chi connectivity index (χ1v) is 8.27. The summed E-state index contributed by atoms with van der Waals surface area (Å²) < 4.78 is 6.02. The van der Waals surface area contributed by atoms with E-state index >= 15 is 0 Å². The average Bonchev–Trinajstić information content (AvgIpc) is 2.53. The van der Waals surface area contributed by atoms with E-state index in [9.17, 15) is 4.79 Å².